The van der Waals surface area contributed by atoms with Crippen LogP contribution in [0.15, 0.2) is 39.9 Å². The summed E-state index contributed by atoms with van der Waals surface area (Å²) in [4.78, 5) is 31.6. The minimum Gasteiger partial charge on any atom is -0.342 e. The number of hydrogen-bond donors (Lipinski definition) is 1. The van der Waals surface area contributed by atoms with E-state index in [4.69, 9.17) is 28.6 Å². The lowest BCUT2D eigenvalue weighted by Crippen LogP contribution is -2.36. The Morgan fingerprint density at radius 2 is 1.92 bits per heavy atom. The first-order valence-electron chi connectivity index (χ1n) is 11.6. The zero-order valence-corrected chi connectivity index (χ0v) is 22.2. The highest BCUT2D eigenvalue weighted by molar-refractivity contribution is 8.27. The Morgan fingerprint density at radius 3 is 2.67 bits per heavy atom. The number of rotatable bonds is 4. The molecule has 0 atom stereocenters. The van der Waals surface area contributed by atoms with E-state index in [1.54, 1.807) is 24.3 Å². The summed E-state index contributed by atoms with van der Waals surface area (Å²) in [6, 6.07) is 7.17. The summed E-state index contributed by atoms with van der Waals surface area (Å²) < 4.78 is 1.96. The van der Waals surface area contributed by atoms with Gasteiger partial charge in [-0.3, -0.25) is 15.0 Å². The minimum atomic E-state index is -0.511. The molecule has 5 rings (SSSR count). The molecule has 36 heavy (non-hydrogen) atoms. The van der Waals surface area contributed by atoms with Gasteiger partial charge in [0.2, 0.25) is 11.1 Å². The smallest absolute Gasteiger partial charge is 0.283 e. The van der Waals surface area contributed by atoms with Crippen LogP contribution < -0.4 is 0 Å². The van der Waals surface area contributed by atoms with Crippen LogP contribution in [0.2, 0.25) is 10.0 Å². The van der Waals surface area contributed by atoms with Crippen LogP contribution in [0.4, 0.5) is 0 Å². The summed E-state index contributed by atoms with van der Waals surface area (Å²) in [7, 11) is 0. The Bertz CT molecular complexity index is 1390. The fraction of sp³-hybridized carbons (Fsp3) is 0.320. The van der Waals surface area contributed by atoms with Crippen molar-refractivity contribution in [3.63, 3.8) is 0 Å². The maximum absolute atomic E-state index is 12.9. The number of nitrogens with zero attached hydrogens (tertiary/aromatic N) is 5. The maximum atomic E-state index is 12.9. The molecule has 0 bridgehead atoms. The van der Waals surface area contributed by atoms with Crippen molar-refractivity contribution in [3.05, 3.63) is 56.8 Å². The first-order chi connectivity index (χ1) is 17.2. The molecule has 1 fully saturated rings. The first-order valence-corrected chi connectivity index (χ1v) is 13.2. The molecule has 0 aliphatic carbocycles. The third-order valence-electron chi connectivity index (χ3n) is 6.43. The van der Waals surface area contributed by atoms with Crippen molar-refractivity contribution in [2.45, 2.75) is 39.5 Å². The van der Waals surface area contributed by atoms with Crippen LogP contribution in [0.3, 0.4) is 0 Å². The van der Waals surface area contributed by atoms with Crippen molar-refractivity contribution in [1.82, 2.24) is 14.5 Å². The maximum Gasteiger partial charge on any atom is 0.283 e. The summed E-state index contributed by atoms with van der Waals surface area (Å²) in [5.74, 6) is -0.561. The molecule has 4 heterocycles. The number of hydrogen-bond acceptors (Lipinski definition) is 5. The lowest BCUT2D eigenvalue weighted by molar-refractivity contribution is -0.130. The summed E-state index contributed by atoms with van der Waals surface area (Å²) in [6.45, 7) is 5.38. The molecule has 11 heteroatoms. The number of halogens is 2. The summed E-state index contributed by atoms with van der Waals surface area (Å²) >= 11 is 13.8. The zero-order valence-electron chi connectivity index (χ0n) is 19.8. The van der Waals surface area contributed by atoms with Gasteiger partial charge in [0, 0.05) is 29.5 Å². The topological polar surface area (TPSA) is 94.1 Å². The number of amidine groups is 2. The van der Waals surface area contributed by atoms with E-state index in [9.17, 15) is 9.59 Å². The highest BCUT2D eigenvalue weighted by atomic mass is 35.5. The number of aromatic nitrogens is 1. The van der Waals surface area contributed by atoms with Crippen molar-refractivity contribution >= 4 is 68.9 Å². The standard InChI is InChI=1S/C25H24Cl2N6O2S/c1-14-10-16(15(2)32(14)20-12-17(26)6-7-19(20)27)11-18-23(28)33-25(29-24(18)35)36-21(30-33)13-22(34)31-8-4-3-5-9-31/h6-7,10-12,28H,3-5,8-9,13H2,1-2H3/b18-11+,28-23?. The van der Waals surface area contributed by atoms with E-state index in [-0.39, 0.29) is 23.7 Å². The predicted molar refractivity (Wildman–Crippen MR) is 145 cm³/mol. The van der Waals surface area contributed by atoms with Crippen molar-refractivity contribution in [2.75, 3.05) is 13.1 Å². The molecular weight excluding hydrogens is 519 g/mol. The molecule has 8 nitrogen and oxygen atoms in total. The second-order valence-electron chi connectivity index (χ2n) is 8.89. The van der Waals surface area contributed by atoms with Gasteiger partial charge in [0.05, 0.1) is 22.7 Å². The van der Waals surface area contributed by atoms with Gasteiger partial charge in [-0.25, -0.2) is 0 Å². The normalized spacial score (nSPS) is 19.1. The van der Waals surface area contributed by atoms with Crippen molar-refractivity contribution in [3.8, 4) is 5.69 Å². The van der Waals surface area contributed by atoms with Gasteiger partial charge in [-0.05, 0) is 80.8 Å². The average Bonchev–Trinajstić information content (AvgIpc) is 3.38. The fourth-order valence-corrected chi connectivity index (χ4v) is 5.85. The Balaban J connectivity index is 1.41. The second kappa shape index (κ2) is 9.88. The zero-order chi connectivity index (χ0) is 25.6. The molecule has 1 aromatic heterocycles. The number of thioether (sulfide) groups is 1. The van der Waals surface area contributed by atoms with Crippen molar-refractivity contribution < 1.29 is 9.59 Å². The molecule has 0 spiro atoms. The van der Waals surface area contributed by atoms with Gasteiger partial charge in [0.25, 0.3) is 5.91 Å². The van der Waals surface area contributed by atoms with Gasteiger partial charge < -0.3 is 9.47 Å². The van der Waals surface area contributed by atoms with Crippen LogP contribution >= 0.6 is 35.0 Å². The second-order valence-corrected chi connectivity index (χ2v) is 10.8. The predicted octanol–water partition coefficient (Wildman–Crippen LogP) is 5.42. The molecule has 1 N–H and O–H groups in total. The number of hydrazone groups is 1. The number of aryl methyl sites for hydroxylation is 1. The van der Waals surface area contributed by atoms with Crippen LogP contribution in [-0.4, -0.2) is 55.4 Å². The van der Waals surface area contributed by atoms with Crippen molar-refractivity contribution in [1.29, 1.82) is 5.41 Å². The largest absolute Gasteiger partial charge is 0.342 e. The quantitative estimate of drug-likeness (QED) is 0.521. The number of aliphatic imine (C=N–C) groups is 1. The van der Waals surface area contributed by atoms with Crippen LogP contribution in [0.1, 0.15) is 42.6 Å². The summed E-state index contributed by atoms with van der Waals surface area (Å²) in [5.41, 5.74) is 3.36. The van der Waals surface area contributed by atoms with E-state index in [2.05, 4.69) is 10.1 Å². The van der Waals surface area contributed by atoms with Crippen molar-refractivity contribution in [2.24, 2.45) is 10.1 Å². The Labute approximate surface area is 223 Å². The molecular formula is C25H24Cl2N6O2S. The van der Waals surface area contributed by atoms with Crippen LogP contribution in [-0.2, 0) is 9.59 Å². The van der Waals surface area contributed by atoms with E-state index in [0.717, 1.165) is 55.0 Å². The Kier molecular flexibility index (Phi) is 6.80. The fourth-order valence-electron chi connectivity index (χ4n) is 4.60. The lowest BCUT2D eigenvalue weighted by Gasteiger charge is -2.26. The lowest BCUT2D eigenvalue weighted by atomic mass is 10.1. The van der Waals surface area contributed by atoms with E-state index in [0.29, 0.717) is 20.3 Å². The van der Waals surface area contributed by atoms with E-state index in [1.807, 2.05) is 29.4 Å². The SMILES string of the molecule is Cc1cc(/C=C2\C(=N)N3N=C(CC(=O)N4CCCCC4)SC3=NC2=O)c(C)n1-c1cc(Cl)ccc1Cl. The molecule has 2 amide bonds. The number of carbonyl (C=O) groups excluding carboxylic acids is 2. The van der Waals surface area contributed by atoms with Gasteiger partial charge in [-0.15, -0.1) is 0 Å². The minimum absolute atomic E-state index is 0.0159. The van der Waals surface area contributed by atoms with Gasteiger partial charge in [0.1, 0.15) is 5.04 Å². The number of benzene rings is 1. The van der Waals surface area contributed by atoms with E-state index >= 15 is 0 Å². The number of nitrogens with one attached hydrogen (secondary N) is 1. The first kappa shape index (κ1) is 24.8. The number of fused-ring (bicyclic) bond motifs is 1. The van der Waals surface area contributed by atoms with E-state index < -0.39 is 5.91 Å². The summed E-state index contributed by atoms with van der Waals surface area (Å²) in [5, 5.41) is 16.4. The third-order valence-corrected chi connectivity index (χ3v) is 7.89. The Morgan fingerprint density at radius 1 is 1.17 bits per heavy atom. The van der Waals surface area contributed by atoms with Crippen LogP contribution in [0.25, 0.3) is 11.8 Å². The molecule has 0 unspecified atom stereocenters. The molecule has 3 aliphatic rings. The molecule has 186 valence electrons. The molecule has 0 radical (unpaired) electrons. The number of piperidine rings is 1. The van der Waals surface area contributed by atoms with E-state index in [1.165, 1.54) is 16.8 Å². The van der Waals surface area contributed by atoms with Crippen LogP contribution in [0.5, 0.6) is 0 Å². The monoisotopic (exact) mass is 542 g/mol. The molecule has 1 aromatic carbocycles. The molecule has 1 saturated heterocycles. The highest BCUT2D eigenvalue weighted by Gasteiger charge is 2.36. The Hall–Kier alpha value is -2.88. The summed E-state index contributed by atoms with van der Waals surface area (Å²) in [6.07, 6.45) is 4.97. The molecule has 0 saturated carbocycles. The van der Waals surface area contributed by atoms with Crippen LogP contribution in [0, 0.1) is 19.3 Å². The average molecular weight is 543 g/mol. The van der Waals surface area contributed by atoms with Gasteiger partial charge in [-0.1, -0.05) is 23.2 Å². The third kappa shape index (κ3) is 4.63. The number of likely N-dealkylation sites (tertiary alicyclic amines) is 1. The van der Waals surface area contributed by atoms with Gasteiger partial charge >= 0.3 is 0 Å². The molecule has 3 aliphatic heterocycles. The number of carbonyl (C=O) groups is 2. The highest BCUT2D eigenvalue weighted by Crippen LogP contribution is 2.32. The number of amides is 2. The van der Waals surface area contributed by atoms with Gasteiger partial charge in [0.15, 0.2) is 5.84 Å². The molecule has 2 aromatic rings. The van der Waals surface area contributed by atoms with Gasteiger partial charge in [-0.2, -0.15) is 15.1 Å².